The van der Waals surface area contributed by atoms with Crippen LogP contribution in [0.1, 0.15) is 23.2 Å². The molecule has 1 unspecified atom stereocenters. The number of amides is 2. The Bertz CT molecular complexity index is 664. The summed E-state index contributed by atoms with van der Waals surface area (Å²) in [6.07, 6.45) is 0.763. The number of likely N-dealkylation sites (tertiary alicyclic amines) is 1. The fourth-order valence-corrected chi connectivity index (χ4v) is 2.69. The lowest BCUT2D eigenvalue weighted by atomic mass is 10.1. The molecule has 1 atom stereocenters. The second-order valence-electron chi connectivity index (χ2n) is 5.81. The van der Waals surface area contributed by atoms with Gasteiger partial charge in [0.15, 0.2) is 0 Å². The van der Waals surface area contributed by atoms with Crippen molar-refractivity contribution in [1.29, 1.82) is 0 Å². The topological polar surface area (TPSA) is 84.7 Å². The van der Waals surface area contributed by atoms with Crippen molar-refractivity contribution in [1.82, 2.24) is 10.2 Å². The Balaban J connectivity index is 0.00000364. The van der Waals surface area contributed by atoms with Crippen LogP contribution >= 0.6 is 12.4 Å². The van der Waals surface area contributed by atoms with Crippen molar-refractivity contribution in [2.75, 3.05) is 19.6 Å². The largest absolute Gasteiger partial charge is 0.434 e. The number of hydrogen-bond acceptors (Lipinski definition) is 4. The number of carbonyl (C=O) groups excluding carboxylic acids is 2. The first kappa shape index (κ1) is 23.0. The van der Waals surface area contributed by atoms with E-state index in [1.807, 2.05) is 0 Å². The van der Waals surface area contributed by atoms with Crippen molar-refractivity contribution < 1.29 is 31.9 Å². The Kier molecular flexibility index (Phi) is 8.29. The number of carbonyl (C=O) groups is 2. The SMILES string of the molecule is Cl.NCC(F)(F)CNC(=O)C1CCCN1C(=O)c1ccccc1OC(F)F. The monoisotopic (exact) mass is 413 g/mol. The van der Waals surface area contributed by atoms with Crippen LogP contribution in [-0.4, -0.2) is 54.9 Å². The lowest BCUT2D eigenvalue weighted by Gasteiger charge is -2.25. The molecule has 0 spiro atoms. The molecule has 0 saturated carbocycles. The van der Waals surface area contributed by atoms with Crippen LogP contribution in [0.4, 0.5) is 17.6 Å². The van der Waals surface area contributed by atoms with Crippen LogP contribution in [0.25, 0.3) is 0 Å². The smallest absolute Gasteiger partial charge is 0.387 e. The average molecular weight is 414 g/mol. The van der Waals surface area contributed by atoms with E-state index in [9.17, 15) is 27.2 Å². The van der Waals surface area contributed by atoms with E-state index >= 15 is 0 Å². The highest BCUT2D eigenvalue weighted by Crippen LogP contribution is 2.26. The Morgan fingerprint density at radius 2 is 2.00 bits per heavy atom. The van der Waals surface area contributed by atoms with Crippen LogP contribution in [0.3, 0.4) is 0 Å². The molecule has 2 amide bonds. The van der Waals surface area contributed by atoms with Crippen molar-refractivity contribution in [2.24, 2.45) is 5.73 Å². The van der Waals surface area contributed by atoms with Crippen LogP contribution in [0.15, 0.2) is 24.3 Å². The molecule has 0 aromatic heterocycles. The van der Waals surface area contributed by atoms with Crippen molar-refractivity contribution in [3.05, 3.63) is 29.8 Å². The molecule has 1 fully saturated rings. The second-order valence-corrected chi connectivity index (χ2v) is 5.81. The molecular weight excluding hydrogens is 394 g/mol. The molecule has 2 rings (SSSR count). The van der Waals surface area contributed by atoms with Gasteiger partial charge in [0.05, 0.1) is 18.7 Å². The summed E-state index contributed by atoms with van der Waals surface area (Å²) in [4.78, 5) is 26.0. The highest BCUT2D eigenvalue weighted by Gasteiger charge is 2.37. The predicted octanol–water partition coefficient (Wildman–Crippen LogP) is 2.02. The number of hydrogen-bond donors (Lipinski definition) is 2. The number of nitrogens with two attached hydrogens (primary N) is 1. The van der Waals surface area contributed by atoms with Gasteiger partial charge in [-0.05, 0) is 25.0 Å². The summed E-state index contributed by atoms with van der Waals surface area (Å²) in [5.41, 5.74) is 4.79. The Morgan fingerprint density at radius 1 is 1.33 bits per heavy atom. The maximum atomic E-state index is 13.2. The molecule has 1 saturated heterocycles. The molecule has 0 aliphatic carbocycles. The summed E-state index contributed by atoms with van der Waals surface area (Å²) in [5, 5.41) is 2.08. The lowest BCUT2D eigenvalue weighted by Crippen LogP contribution is -2.49. The molecule has 1 aromatic rings. The van der Waals surface area contributed by atoms with E-state index in [0.717, 1.165) is 0 Å². The van der Waals surface area contributed by atoms with Gasteiger partial charge in [0.1, 0.15) is 11.8 Å². The number of nitrogens with one attached hydrogen (secondary N) is 1. The highest BCUT2D eigenvalue weighted by atomic mass is 35.5. The first-order valence-electron chi connectivity index (χ1n) is 7.95. The fraction of sp³-hybridized carbons (Fsp3) is 0.500. The van der Waals surface area contributed by atoms with E-state index in [1.165, 1.54) is 29.2 Å². The summed E-state index contributed by atoms with van der Waals surface area (Å²) >= 11 is 0. The van der Waals surface area contributed by atoms with Crippen molar-refractivity contribution in [3.8, 4) is 5.75 Å². The normalized spacial score (nSPS) is 16.8. The number of alkyl halides is 4. The molecular formula is C16H20ClF4N3O3. The van der Waals surface area contributed by atoms with Crippen LogP contribution in [0.2, 0.25) is 0 Å². The van der Waals surface area contributed by atoms with Gasteiger partial charge in [-0.25, -0.2) is 8.78 Å². The number of nitrogens with zero attached hydrogens (tertiary/aromatic N) is 1. The lowest BCUT2D eigenvalue weighted by molar-refractivity contribution is -0.126. The molecule has 6 nitrogen and oxygen atoms in total. The zero-order chi connectivity index (χ0) is 19.3. The third kappa shape index (κ3) is 5.96. The summed E-state index contributed by atoms with van der Waals surface area (Å²) in [5.74, 6) is -4.98. The minimum absolute atomic E-state index is 0. The highest BCUT2D eigenvalue weighted by molar-refractivity contribution is 6.00. The van der Waals surface area contributed by atoms with E-state index in [4.69, 9.17) is 5.73 Å². The van der Waals surface area contributed by atoms with Crippen LogP contribution in [0.5, 0.6) is 5.75 Å². The van der Waals surface area contributed by atoms with Gasteiger partial charge in [0.25, 0.3) is 11.8 Å². The predicted molar refractivity (Wildman–Crippen MR) is 91.4 cm³/mol. The van der Waals surface area contributed by atoms with E-state index in [0.29, 0.717) is 6.42 Å². The first-order chi connectivity index (χ1) is 12.2. The Hall–Kier alpha value is -2.07. The van der Waals surface area contributed by atoms with Gasteiger partial charge in [-0.15, -0.1) is 12.4 Å². The molecule has 0 radical (unpaired) electrons. The third-order valence-electron chi connectivity index (χ3n) is 3.97. The van der Waals surface area contributed by atoms with E-state index in [2.05, 4.69) is 10.1 Å². The van der Waals surface area contributed by atoms with Crippen LogP contribution < -0.4 is 15.8 Å². The summed E-state index contributed by atoms with van der Waals surface area (Å²) in [7, 11) is 0. The van der Waals surface area contributed by atoms with Crippen molar-refractivity contribution >= 4 is 24.2 Å². The van der Waals surface area contributed by atoms with Gasteiger partial charge in [-0.1, -0.05) is 12.1 Å². The first-order valence-corrected chi connectivity index (χ1v) is 7.95. The molecule has 11 heteroatoms. The molecule has 3 N–H and O–H groups in total. The molecule has 1 aliphatic heterocycles. The number of rotatable bonds is 7. The van der Waals surface area contributed by atoms with Gasteiger partial charge in [0, 0.05) is 6.54 Å². The fourth-order valence-electron chi connectivity index (χ4n) is 2.69. The zero-order valence-electron chi connectivity index (χ0n) is 14.2. The summed E-state index contributed by atoms with van der Waals surface area (Å²) < 4.78 is 55.7. The van der Waals surface area contributed by atoms with Gasteiger partial charge < -0.3 is 20.7 Å². The minimum Gasteiger partial charge on any atom is -0.434 e. The van der Waals surface area contributed by atoms with E-state index < -0.39 is 43.5 Å². The molecule has 152 valence electrons. The molecule has 0 bridgehead atoms. The third-order valence-corrected chi connectivity index (χ3v) is 3.97. The number of benzene rings is 1. The molecule has 1 aliphatic rings. The molecule has 27 heavy (non-hydrogen) atoms. The molecule has 1 aromatic carbocycles. The maximum absolute atomic E-state index is 13.2. The maximum Gasteiger partial charge on any atom is 0.387 e. The average Bonchev–Trinajstić information content (AvgIpc) is 3.09. The summed E-state index contributed by atoms with van der Waals surface area (Å²) in [6, 6.07) is 4.45. The Labute approximate surface area is 159 Å². The Morgan fingerprint density at radius 3 is 2.63 bits per heavy atom. The number of para-hydroxylation sites is 1. The van der Waals surface area contributed by atoms with Crippen molar-refractivity contribution in [3.63, 3.8) is 0 Å². The van der Waals surface area contributed by atoms with Gasteiger partial charge >= 0.3 is 6.61 Å². The van der Waals surface area contributed by atoms with Gasteiger partial charge in [0.2, 0.25) is 5.91 Å². The van der Waals surface area contributed by atoms with E-state index in [-0.39, 0.29) is 36.7 Å². The van der Waals surface area contributed by atoms with E-state index in [1.54, 1.807) is 0 Å². The standard InChI is InChI=1S/C16H19F4N3O3.ClH/c17-15(18)26-12-6-2-1-4-10(12)14(25)23-7-3-5-11(23)13(24)22-9-16(19,20)8-21;/h1-2,4,6,11,15H,3,5,7-9,21H2,(H,22,24);1H. The minimum atomic E-state index is -3.25. The number of halogens is 5. The second kappa shape index (κ2) is 9.75. The molecule has 1 heterocycles. The van der Waals surface area contributed by atoms with Crippen molar-refractivity contribution in [2.45, 2.75) is 31.4 Å². The van der Waals surface area contributed by atoms with Crippen LogP contribution in [0, 0.1) is 0 Å². The number of ether oxygens (including phenoxy) is 1. The quantitative estimate of drug-likeness (QED) is 0.670. The summed E-state index contributed by atoms with van der Waals surface area (Å²) in [6.45, 7) is -4.77. The van der Waals surface area contributed by atoms with Gasteiger partial charge in [-0.2, -0.15) is 8.78 Å². The van der Waals surface area contributed by atoms with Crippen LogP contribution in [-0.2, 0) is 4.79 Å². The zero-order valence-corrected chi connectivity index (χ0v) is 15.0. The van der Waals surface area contributed by atoms with Gasteiger partial charge in [-0.3, -0.25) is 9.59 Å².